The van der Waals surface area contributed by atoms with Crippen LogP contribution in [0.4, 0.5) is 5.69 Å². The van der Waals surface area contributed by atoms with Crippen molar-refractivity contribution < 1.29 is 19.4 Å². The number of carboxylic acid groups (broad SMARTS) is 1. The lowest BCUT2D eigenvalue weighted by atomic mass is 10.0. The molecule has 1 saturated heterocycles. The Bertz CT molecular complexity index is 553. The number of nitrogens with zero attached hydrogens (tertiary/aromatic N) is 2. The molecular weight excluding hydrogens is 260 g/mol. The number of hydrogen-bond acceptors (Lipinski definition) is 5. The van der Waals surface area contributed by atoms with Gasteiger partial charge in [-0.3, -0.25) is 4.79 Å². The lowest BCUT2D eigenvalue weighted by Crippen LogP contribution is -2.41. The van der Waals surface area contributed by atoms with Crippen LogP contribution in [0.2, 0.25) is 0 Å². The van der Waals surface area contributed by atoms with E-state index in [0.29, 0.717) is 23.6 Å². The number of carboxylic acids is 1. The van der Waals surface area contributed by atoms with E-state index in [9.17, 15) is 15.2 Å². The first-order valence-corrected chi connectivity index (χ1v) is 6.20. The highest BCUT2D eigenvalue weighted by atomic mass is 16.5. The van der Waals surface area contributed by atoms with Crippen molar-refractivity contribution in [3.05, 3.63) is 23.8 Å². The van der Waals surface area contributed by atoms with Crippen LogP contribution < -0.4 is 9.64 Å². The molecule has 6 nitrogen and oxygen atoms in total. The minimum Gasteiger partial charge on any atom is -0.497 e. The Balaban J connectivity index is 2.35. The largest absolute Gasteiger partial charge is 0.497 e. The quantitative estimate of drug-likeness (QED) is 0.886. The topological polar surface area (TPSA) is 82.8 Å². The van der Waals surface area contributed by atoms with Crippen molar-refractivity contribution in [2.24, 2.45) is 5.92 Å². The van der Waals surface area contributed by atoms with Gasteiger partial charge in [-0.2, -0.15) is 5.26 Å². The van der Waals surface area contributed by atoms with Crippen LogP contribution in [0.1, 0.15) is 5.56 Å². The molecule has 2 atom stereocenters. The predicted octanol–water partition coefficient (Wildman–Crippen LogP) is 1.10. The minimum absolute atomic E-state index is 0.191. The number of ether oxygens (including phenoxy) is 2. The van der Waals surface area contributed by atoms with Crippen molar-refractivity contribution in [2.45, 2.75) is 6.04 Å². The van der Waals surface area contributed by atoms with E-state index in [-0.39, 0.29) is 12.6 Å². The molecular formula is C14H16N2O4. The van der Waals surface area contributed by atoms with E-state index in [1.807, 2.05) is 0 Å². The van der Waals surface area contributed by atoms with Crippen molar-refractivity contribution in [3.63, 3.8) is 0 Å². The normalized spacial score (nSPS) is 21.2. The number of methoxy groups -OCH3 is 1. The molecule has 2 unspecified atom stereocenters. The highest BCUT2D eigenvalue weighted by Crippen LogP contribution is 2.30. The molecule has 106 valence electrons. The van der Waals surface area contributed by atoms with E-state index < -0.39 is 11.9 Å². The first-order chi connectivity index (χ1) is 9.58. The second-order valence-corrected chi connectivity index (χ2v) is 4.66. The van der Waals surface area contributed by atoms with Crippen molar-refractivity contribution in [1.29, 1.82) is 5.26 Å². The fourth-order valence-corrected chi connectivity index (χ4v) is 2.36. The summed E-state index contributed by atoms with van der Waals surface area (Å²) in [5.41, 5.74) is 1.12. The molecule has 20 heavy (non-hydrogen) atoms. The van der Waals surface area contributed by atoms with Crippen molar-refractivity contribution in [3.8, 4) is 11.8 Å². The molecule has 0 aliphatic carbocycles. The van der Waals surface area contributed by atoms with Crippen LogP contribution >= 0.6 is 0 Å². The van der Waals surface area contributed by atoms with Gasteiger partial charge >= 0.3 is 5.97 Å². The number of hydrogen-bond donors (Lipinski definition) is 1. The molecule has 1 N–H and O–H groups in total. The summed E-state index contributed by atoms with van der Waals surface area (Å²) in [6.07, 6.45) is 0. The Labute approximate surface area is 117 Å². The van der Waals surface area contributed by atoms with Crippen LogP contribution in [0.3, 0.4) is 0 Å². The number of aliphatic carboxylic acids is 1. The van der Waals surface area contributed by atoms with Crippen LogP contribution in [0, 0.1) is 17.2 Å². The van der Waals surface area contributed by atoms with Crippen LogP contribution in [-0.2, 0) is 9.53 Å². The molecule has 1 aliphatic heterocycles. The third-order valence-corrected chi connectivity index (χ3v) is 3.57. The Morgan fingerprint density at radius 2 is 2.30 bits per heavy atom. The van der Waals surface area contributed by atoms with E-state index in [0.717, 1.165) is 0 Å². The zero-order chi connectivity index (χ0) is 14.7. The molecule has 1 aromatic rings. The first kappa shape index (κ1) is 14.2. The zero-order valence-electron chi connectivity index (χ0n) is 11.4. The molecule has 0 aromatic heterocycles. The maximum Gasteiger partial charge on any atom is 0.311 e. The van der Waals surface area contributed by atoms with Gasteiger partial charge in [0.25, 0.3) is 0 Å². The summed E-state index contributed by atoms with van der Waals surface area (Å²) >= 11 is 0. The minimum atomic E-state index is -0.888. The highest BCUT2D eigenvalue weighted by Gasteiger charge is 2.37. The van der Waals surface area contributed by atoms with E-state index in [1.54, 1.807) is 37.3 Å². The lowest BCUT2D eigenvalue weighted by Gasteiger charge is -2.29. The zero-order valence-corrected chi connectivity index (χ0v) is 11.4. The molecule has 2 rings (SSSR count). The summed E-state index contributed by atoms with van der Waals surface area (Å²) < 4.78 is 10.4. The van der Waals surface area contributed by atoms with Crippen LogP contribution in [0.15, 0.2) is 18.2 Å². The molecule has 6 heteroatoms. The molecule has 1 fully saturated rings. The summed E-state index contributed by atoms with van der Waals surface area (Å²) in [5.74, 6) is -0.866. The molecule has 0 bridgehead atoms. The van der Waals surface area contributed by atoms with Gasteiger partial charge in [0.1, 0.15) is 17.7 Å². The third-order valence-electron chi connectivity index (χ3n) is 3.57. The summed E-state index contributed by atoms with van der Waals surface area (Å²) in [6.45, 7) is 0.520. The Kier molecular flexibility index (Phi) is 4.11. The van der Waals surface area contributed by atoms with Crippen molar-refractivity contribution in [2.75, 3.05) is 32.3 Å². The molecule has 1 heterocycles. The van der Waals surface area contributed by atoms with Gasteiger partial charge < -0.3 is 19.5 Å². The van der Waals surface area contributed by atoms with Gasteiger partial charge in [0, 0.05) is 13.1 Å². The van der Waals surface area contributed by atoms with Crippen LogP contribution in [0.25, 0.3) is 0 Å². The van der Waals surface area contributed by atoms with E-state index in [1.165, 1.54) is 0 Å². The van der Waals surface area contributed by atoms with Crippen molar-refractivity contribution in [1.82, 2.24) is 0 Å². The van der Waals surface area contributed by atoms with E-state index in [4.69, 9.17) is 9.47 Å². The Hall–Kier alpha value is -2.26. The van der Waals surface area contributed by atoms with Gasteiger partial charge in [0.2, 0.25) is 0 Å². The summed E-state index contributed by atoms with van der Waals surface area (Å²) in [5, 5.41) is 18.4. The molecule has 0 radical (unpaired) electrons. The fraction of sp³-hybridized carbons (Fsp3) is 0.429. The molecule has 0 amide bonds. The number of carbonyl (C=O) groups is 1. The van der Waals surface area contributed by atoms with Gasteiger partial charge in [-0.25, -0.2) is 0 Å². The Morgan fingerprint density at radius 1 is 1.55 bits per heavy atom. The fourth-order valence-electron chi connectivity index (χ4n) is 2.36. The number of nitriles is 1. The van der Waals surface area contributed by atoms with Gasteiger partial charge in [-0.1, -0.05) is 0 Å². The number of benzene rings is 1. The average Bonchev–Trinajstić information content (AvgIpc) is 2.95. The summed E-state index contributed by atoms with van der Waals surface area (Å²) in [7, 11) is 3.31. The summed E-state index contributed by atoms with van der Waals surface area (Å²) in [4.78, 5) is 13.0. The SMILES string of the molecule is COc1ccc(C#N)c(N(C)C2COCC2C(=O)O)c1. The third kappa shape index (κ3) is 2.53. The molecule has 0 spiro atoms. The van der Waals surface area contributed by atoms with Gasteiger partial charge in [0.15, 0.2) is 0 Å². The average molecular weight is 276 g/mol. The summed E-state index contributed by atoms with van der Waals surface area (Å²) in [6, 6.07) is 6.91. The number of likely N-dealkylation sites (N-methyl/N-ethyl adjacent to an activating group) is 1. The molecule has 1 aromatic carbocycles. The standard InChI is InChI=1S/C14H16N2O4/c1-16(13-8-20-7-11(13)14(17)18)12-5-10(19-2)4-3-9(12)6-15/h3-5,11,13H,7-8H2,1-2H3,(H,17,18). The van der Waals surface area contributed by atoms with Crippen molar-refractivity contribution >= 4 is 11.7 Å². The number of anilines is 1. The van der Waals surface area contributed by atoms with E-state index in [2.05, 4.69) is 6.07 Å². The number of rotatable bonds is 4. The maximum absolute atomic E-state index is 11.2. The van der Waals surface area contributed by atoms with Gasteiger partial charge in [0.05, 0.1) is 37.6 Å². The lowest BCUT2D eigenvalue weighted by molar-refractivity contribution is -0.141. The van der Waals surface area contributed by atoms with Gasteiger partial charge in [-0.15, -0.1) is 0 Å². The molecule has 0 saturated carbocycles. The first-order valence-electron chi connectivity index (χ1n) is 6.20. The Morgan fingerprint density at radius 3 is 2.90 bits per heavy atom. The van der Waals surface area contributed by atoms with E-state index >= 15 is 0 Å². The maximum atomic E-state index is 11.2. The second kappa shape index (κ2) is 5.80. The highest BCUT2D eigenvalue weighted by molar-refractivity contribution is 5.73. The van der Waals surface area contributed by atoms with Gasteiger partial charge in [-0.05, 0) is 12.1 Å². The molecule has 1 aliphatic rings. The second-order valence-electron chi connectivity index (χ2n) is 4.66. The van der Waals surface area contributed by atoms with Crippen LogP contribution in [0.5, 0.6) is 5.75 Å². The smallest absolute Gasteiger partial charge is 0.311 e. The van der Waals surface area contributed by atoms with Crippen LogP contribution in [-0.4, -0.2) is 44.5 Å². The predicted molar refractivity (Wildman–Crippen MR) is 71.8 cm³/mol. The monoisotopic (exact) mass is 276 g/mol.